The van der Waals surface area contributed by atoms with Crippen LogP contribution in [0.1, 0.15) is 11.1 Å². The number of rotatable bonds is 4. The number of fused-ring (bicyclic) bond motifs is 2. The van der Waals surface area contributed by atoms with Gasteiger partial charge in [0.15, 0.2) is 0 Å². The maximum Gasteiger partial charge on any atom is 0.246 e. The van der Waals surface area contributed by atoms with Gasteiger partial charge in [-0.1, -0.05) is 24.3 Å². The summed E-state index contributed by atoms with van der Waals surface area (Å²) in [5, 5.41) is 1.27. The van der Waals surface area contributed by atoms with Gasteiger partial charge >= 0.3 is 0 Å². The fraction of sp³-hybridized carbons (Fsp3) is 0.333. The van der Waals surface area contributed by atoms with Crippen LogP contribution in [0.5, 0.6) is 0 Å². The molecule has 3 heterocycles. The second-order valence-electron chi connectivity index (χ2n) is 7.40. The van der Waals surface area contributed by atoms with E-state index in [1.807, 2.05) is 6.07 Å². The van der Waals surface area contributed by atoms with Gasteiger partial charge in [0, 0.05) is 49.9 Å². The Morgan fingerprint density at radius 3 is 2.69 bits per heavy atom. The molecule has 0 saturated carbocycles. The maximum absolute atomic E-state index is 11.7. The lowest BCUT2D eigenvalue weighted by molar-refractivity contribution is -0.116. The van der Waals surface area contributed by atoms with Gasteiger partial charge < -0.3 is 4.90 Å². The van der Waals surface area contributed by atoms with Crippen molar-refractivity contribution in [2.24, 2.45) is 0 Å². The molecular weight excluding hydrogens is 427 g/mol. The van der Waals surface area contributed by atoms with Crippen molar-refractivity contribution in [2.45, 2.75) is 12.8 Å². The molecule has 8 heteroatoms. The van der Waals surface area contributed by atoms with Crippen LogP contribution in [0.25, 0.3) is 10.1 Å². The molecular formula is C21H22Cl2N4OS. The molecule has 3 aromatic rings. The van der Waals surface area contributed by atoms with E-state index in [0.717, 1.165) is 56.2 Å². The van der Waals surface area contributed by atoms with Gasteiger partial charge in [-0.25, -0.2) is 4.42 Å². The summed E-state index contributed by atoms with van der Waals surface area (Å²) < 4.78 is 7.18. The summed E-state index contributed by atoms with van der Waals surface area (Å²) in [6.45, 7) is 5.14. The Kier molecular flexibility index (Phi) is 5.97. The van der Waals surface area contributed by atoms with Gasteiger partial charge in [0.05, 0.1) is 16.8 Å². The van der Waals surface area contributed by atoms with Crippen LogP contribution in [-0.4, -0.2) is 47.9 Å². The third kappa shape index (κ3) is 3.94. The Balaban J connectivity index is 0.00000205. The molecule has 2 aliphatic heterocycles. The van der Waals surface area contributed by atoms with Crippen molar-refractivity contribution in [3.8, 4) is 0 Å². The molecule has 152 valence electrons. The molecule has 1 amide bonds. The standard InChI is InChI=1S/C21H21ClN4OS.ClH/c22-26-18-6-5-15(13-16(18)14-20(26)27)7-8-24-9-11-25(12-10-24)21-17-3-1-2-4-19(17)28-23-21;/h1-6,13H,7-12,14H2;1H. The molecule has 1 saturated heterocycles. The van der Waals surface area contributed by atoms with Gasteiger partial charge in [-0.2, -0.15) is 4.37 Å². The summed E-state index contributed by atoms with van der Waals surface area (Å²) in [4.78, 5) is 16.7. The van der Waals surface area contributed by atoms with Crippen molar-refractivity contribution in [3.05, 3.63) is 53.6 Å². The van der Waals surface area contributed by atoms with Crippen molar-refractivity contribution < 1.29 is 4.79 Å². The minimum absolute atomic E-state index is 0. The molecule has 5 rings (SSSR count). The van der Waals surface area contributed by atoms with E-state index in [9.17, 15) is 4.79 Å². The topological polar surface area (TPSA) is 39.7 Å². The number of hydrogen-bond donors (Lipinski definition) is 0. The molecule has 2 aromatic carbocycles. The molecule has 0 radical (unpaired) electrons. The molecule has 2 aliphatic rings. The van der Waals surface area contributed by atoms with Gasteiger partial charge in [0.2, 0.25) is 5.91 Å². The highest BCUT2D eigenvalue weighted by atomic mass is 35.5. The van der Waals surface area contributed by atoms with Crippen LogP contribution in [0.4, 0.5) is 11.5 Å². The van der Waals surface area contributed by atoms with Crippen molar-refractivity contribution >= 4 is 63.2 Å². The number of amides is 1. The van der Waals surface area contributed by atoms with Crippen LogP contribution in [0.2, 0.25) is 0 Å². The Labute approximate surface area is 185 Å². The third-order valence-electron chi connectivity index (χ3n) is 5.66. The lowest BCUT2D eigenvalue weighted by Gasteiger charge is -2.35. The first-order chi connectivity index (χ1) is 13.7. The lowest BCUT2D eigenvalue weighted by atomic mass is 10.1. The van der Waals surface area contributed by atoms with E-state index in [1.54, 1.807) is 11.5 Å². The van der Waals surface area contributed by atoms with Crippen LogP contribution in [0.3, 0.4) is 0 Å². The Morgan fingerprint density at radius 2 is 1.86 bits per heavy atom. The van der Waals surface area contributed by atoms with E-state index >= 15 is 0 Å². The predicted octanol–water partition coefficient (Wildman–Crippen LogP) is 4.13. The molecule has 0 unspecified atom stereocenters. The van der Waals surface area contributed by atoms with E-state index in [4.69, 9.17) is 11.8 Å². The average molecular weight is 449 g/mol. The second kappa shape index (κ2) is 8.48. The maximum atomic E-state index is 11.7. The first-order valence-electron chi connectivity index (χ1n) is 9.61. The number of carbonyl (C=O) groups is 1. The quantitative estimate of drug-likeness (QED) is 0.562. The Bertz CT molecular complexity index is 1030. The molecule has 5 nitrogen and oxygen atoms in total. The lowest BCUT2D eigenvalue weighted by Crippen LogP contribution is -2.47. The number of nitrogens with zero attached hydrogens (tertiary/aromatic N) is 4. The van der Waals surface area contributed by atoms with Crippen LogP contribution in [0.15, 0.2) is 42.5 Å². The zero-order chi connectivity index (χ0) is 19.1. The van der Waals surface area contributed by atoms with Crippen molar-refractivity contribution in [1.82, 2.24) is 9.27 Å². The molecule has 0 aliphatic carbocycles. The number of piperazine rings is 1. The highest BCUT2D eigenvalue weighted by Crippen LogP contribution is 2.32. The Morgan fingerprint density at radius 1 is 1.07 bits per heavy atom. The summed E-state index contributed by atoms with van der Waals surface area (Å²) >= 11 is 7.59. The van der Waals surface area contributed by atoms with Gasteiger partial charge in [0.1, 0.15) is 5.82 Å². The SMILES string of the molecule is Cl.O=C1Cc2cc(CCN3CCN(c4nsc5ccccc45)CC3)ccc2N1Cl. The summed E-state index contributed by atoms with van der Waals surface area (Å²) in [6, 6.07) is 14.7. The number of halogens is 2. The van der Waals surface area contributed by atoms with Gasteiger partial charge in [-0.05, 0) is 47.3 Å². The van der Waals surface area contributed by atoms with E-state index in [2.05, 4.69) is 50.6 Å². The summed E-state index contributed by atoms with van der Waals surface area (Å²) in [5.74, 6) is 1.09. The first kappa shape index (κ1) is 20.4. The fourth-order valence-corrected chi connectivity index (χ4v) is 5.09. The van der Waals surface area contributed by atoms with Crippen LogP contribution in [-0.2, 0) is 17.6 Å². The minimum atomic E-state index is -0.0421. The second-order valence-corrected chi connectivity index (χ2v) is 8.54. The molecule has 0 bridgehead atoms. The van der Waals surface area contributed by atoms with Crippen molar-refractivity contribution in [3.63, 3.8) is 0 Å². The molecule has 29 heavy (non-hydrogen) atoms. The highest BCUT2D eigenvalue weighted by molar-refractivity contribution is 7.13. The summed E-state index contributed by atoms with van der Waals surface area (Å²) in [5.41, 5.74) is 3.14. The zero-order valence-corrected chi connectivity index (χ0v) is 18.3. The molecule has 1 aromatic heterocycles. The first-order valence-corrected chi connectivity index (χ1v) is 10.7. The number of anilines is 2. The number of carbonyl (C=O) groups excluding carboxylic acids is 1. The normalized spacial score (nSPS) is 16.9. The smallest absolute Gasteiger partial charge is 0.246 e. The molecule has 0 atom stereocenters. The molecule has 1 fully saturated rings. The number of benzene rings is 2. The van der Waals surface area contributed by atoms with E-state index < -0.39 is 0 Å². The zero-order valence-electron chi connectivity index (χ0n) is 15.9. The molecule has 0 spiro atoms. The van der Waals surface area contributed by atoms with Crippen LogP contribution in [0, 0.1) is 0 Å². The van der Waals surface area contributed by atoms with Crippen molar-refractivity contribution in [1.29, 1.82) is 0 Å². The van der Waals surface area contributed by atoms with E-state index in [0.29, 0.717) is 6.42 Å². The van der Waals surface area contributed by atoms with E-state index in [-0.39, 0.29) is 18.3 Å². The van der Waals surface area contributed by atoms with Crippen molar-refractivity contribution in [2.75, 3.05) is 42.0 Å². The van der Waals surface area contributed by atoms with Gasteiger partial charge in [-0.3, -0.25) is 9.69 Å². The minimum Gasteiger partial charge on any atom is -0.353 e. The monoisotopic (exact) mass is 448 g/mol. The molecule has 0 N–H and O–H groups in total. The summed E-state index contributed by atoms with van der Waals surface area (Å²) in [6.07, 6.45) is 1.40. The average Bonchev–Trinajstić information content (AvgIpc) is 3.28. The van der Waals surface area contributed by atoms with Crippen LogP contribution >= 0.6 is 35.7 Å². The number of hydrogen-bond acceptors (Lipinski definition) is 5. The van der Waals surface area contributed by atoms with Gasteiger partial charge in [-0.15, -0.1) is 12.4 Å². The fourth-order valence-electron chi connectivity index (χ4n) is 4.07. The Hall–Kier alpha value is -1.86. The summed E-state index contributed by atoms with van der Waals surface area (Å²) in [7, 11) is 0. The number of aromatic nitrogens is 1. The van der Waals surface area contributed by atoms with Crippen LogP contribution < -0.4 is 9.32 Å². The van der Waals surface area contributed by atoms with E-state index in [1.165, 1.54) is 20.1 Å². The highest BCUT2D eigenvalue weighted by Gasteiger charge is 2.26. The van der Waals surface area contributed by atoms with Gasteiger partial charge in [0.25, 0.3) is 0 Å². The predicted molar refractivity (Wildman–Crippen MR) is 123 cm³/mol. The largest absolute Gasteiger partial charge is 0.353 e. The third-order valence-corrected chi connectivity index (χ3v) is 6.85.